The van der Waals surface area contributed by atoms with Gasteiger partial charge in [0.05, 0.1) is 6.10 Å². The second-order valence-electron chi connectivity index (χ2n) is 5.82. The minimum Gasteiger partial charge on any atom is -0.491 e. The van der Waals surface area contributed by atoms with Crippen LogP contribution in [0.2, 0.25) is 0 Å². The number of carbonyl (C=O) groups is 2. The van der Waals surface area contributed by atoms with Gasteiger partial charge in [-0.25, -0.2) is 4.39 Å². The molecular weight excluding hydrogens is 323 g/mol. The van der Waals surface area contributed by atoms with Crippen LogP contribution in [0.15, 0.2) is 48.5 Å². The van der Waals surface area contributed by atoms with Gasteiger partial charge in [-0.2, -0.15) is 0 Å². The Morgan fingerprint density at radius 1 is 1.16 bits per heavy atom. The number of halogens is 1. The van der Waals surface area contributed by atoms with Crippen molar-refractivity contribution in [1.29, 1.82) is 0 Å². The zero-order chi connectivity index (χ0) is 18.4. The average Bonchev–Trinajstić information content (AvgIpc) is 2.53. The lowest BCUT2D eigenvalue weighted by Gasteiger charge is -2.20. The molecule has 0 bridgehead atoms. The minimum absolute atomic E-state index is 0.0656. The Morgan fingerprint density at radius 3 is 2.40 bits per heavy atom. The molecule has 2 aromatic rings. The summed E-state index contributed by atoms with van der Waals surface area (Å²) in [7, 11) is 0. The lowest BCUT2D eigenvalue weighted by molar-refractivity contribution is -0.120. The molecule has 0 aliphatic rings. The van der Waals surface area contributed by atoms with E-state index in [1.165, 1.54) is 30.0 Å². The molecule has 2 amide bonds. The molecule has 2 aromatic carbocycles. The lowest BCUT2D eigenvalue weighted by atomic mass is 10.2. The van der Waals surface area contributed by atoms with E-state index >= 15 is 0 Å². The first-order chi connectivity index (χ1) is 11.8. The Kier molecular flexibility index (Phi) is 6.11. The van der Waals surface area contributed by atoms with E-state index in [0.717, 1.165) is 0 Å². The molecule has 0 aliphatic carbocycles. The first-order valence-corrected chi connectivity index (χ1v) is 7.95. The van der Waals surface area contributed by atoms with Gasteiger partial charge in [-0.15, -0.1) is 0 Å². The normalized spacial score (nSPS) is 10.4. The molecule has 6 heteroatoms. The van der Waals surface area contributed by atoms with Crippen molar-refractivity contribution in [2.75, 3.05) is 16.8 Å². The summed E-state index contributed by atoms with van der Waals surface area (Å²) in [4.78, 5) is 25.2. The van der Waals surface area contributed by atoms with Gasteiger partial charge >= 0.3 is 0 Å². The SMILES string of the molecule is CC(=O)N(CC(=O)Nc1ccc(OC(C)C)cc1)c1cccc(F)c1. The molecule has 0 saturated carbocycles. The molecule has 0 atom stereocenters. The number of hydrogen-bond acceptors (Lipinski definition) is 3. The van der Waals surface area contributed by atoms with E-state index in [9.17, 15) is 14.0 Å². The Balaban J connectivity index is 2.03. The minimum atomic E-state index is -0.468. The molecule has 0 radical (unpaired) electrons. The van der Waals surface area contributed by atoms with Gasteiger partial charge < -0.3 is 15.0 Å². The topological polar surface area (TPSA) is 58.6 Å². The molecule has 2 rings (SSSR count). The highest BCUT2D eigenvalue weighted by Crippen LogP contribution is 2.18. The third-order valence-electron chi connectivity index (χ3n) is 3.31. The van der Waals surface area contributed by atoms with E-state index in [1.54, 1.807) is 30.3 Å². The first-order valence-electron chi connectivity index (χ1n) is 7.95. The van der Waals surface area contributed by atoms with Crippen LogP contribution < -0.4 is 15.0 Å². The fourth-order valence-electron chi connectivity index (χ4n) is 2.26. The highest BCUT2D eigenvalue weighted by molar-refractivity contribution is 6.01. The molecule has 132 valence electrons. The summed E-state index contributed by atoms with van der Waals surface area (Å²) in [5.41, 5.74) is 0.923. The van der Waals surface area contributed by atoms with Gasteiger partial charge in [0.25, 0.3) is 0 Å². The number of carbonyl (C=O) groups excluding carboxylic acids is 2. The van der Waals surface area contributed by atoms with E-state index < -0.39 is 5.82 Å². The van der Waals surface area contributed by atoms with Crippen LogP contribution in [0, 0.1) is 5.82 Å². The van der Waals surface area contributed by atoms with E-state index in [1.807, 2.05) is 13.8 Å². The summed E-state index contributed by atoms with van der Waals surface area (Å²) < 4.78 is 18.9. The summed E-state index contributed by atoms with van der Waals surface area (Å²) in [5, 5.41) is 2.71. The van der Waals surface area contributed by atoms with Crippen LogP contribution >= 0.6 is 0 Å². The van der Waals surface area contributed by atoms with Gasteiger partial charge in [0.1, 0.15) is 18.1 Å². The molecule has 25 heavy (non-hydrogen) atoms. The van der Waals surface area contributed by atoms with Crippen molar-refractivity contribution in [1.82, 2.24) is 0 Å². The fraction of sp³-hybridized carbons (Fsp3) is 0.263. The molecule has 0 saturated heterocycles. The number of hydrogen-bond donors (Lipinski definition) is 1. The number of amides is 2. The zero-order valence-corrected chi connectivity index (χ0v) is 14.5. The molecule has 0 spiro atoms. The Labute approximate surface area is 146 Å². The van der Waals surface area contributed by atoms with Gasteiger partial charge in [0.15, 0.2) is 0 Å². The van der Waals surface area contributed by atoms with Crippen LogP contribution in [0.4, 0.5) is 15.8 Å². The third kappa shape index (κ3) is 5.60. The predicted octanol–water partition coefficient (Wildman–Crippen LogP) is 3.60. The van der Waals surface area contributed by atoms with Crippen LogP contribution in [0.5, 0.6) is 5.75 Å². The maximum atomic E-state index is 13.4. The molecular formula is C19H21FN2O3. The van der Waals surface area contributed by atoms with E-state index in [0.29, 0.717) is 17.1 Å². The average molecular weight is 344 g/mol. The second-order valence-corrected chi connectivity index (χ2v) is 5.82. The van der Waals surface area contributed by atoms with Gasteiger partial charge in [0, 0.05) is 18.3 Å². The number of anilines is 2. The van der Waals surface area contributed by atoms with Crippen molar-refractivity contribution in [2.24, 2.45) is 0 Å². The summed E-state index contributed by atoms with van der Waals surface area (Å²) in [6.45, 7) is 4.98. The molecule has 0 aromatic heterocycles. The van der Waals surface area contributed by atoms with Gasteiger partial charge in [-0.3, -0.25) is 9.59 Å². The fourth-order valence-corrected chi connectivity index (χ4v) is 2.26. The van der Waals surface area contributed by atoms with Gasteiger partial charge in [-0.1, -0.05) is 6.07 Å². The van der Waals surface area contributed by atoms with Crippen molar-refractivity contribution in [3.63, 3.8) is 0 Å². The van der Waals surface area contributed by atoms with Crippen LogP contribution in [0.1, 0.15) is 20.8 Å². The molecule has 1 N–H and O–H groups in total. The predicted molar refractivity (Wildman–Crippen MR) is 95.3 cm³/mol. The Hall–Kier alpha value is -2.89. The number of nitrogens with zero attached hydrogens (tertiary/aromatic N) is 1. The summed E-state index contributed by atoms with van der Waals surface area (Å²) in [5.74, 6) is -0.485. The van der Waals surface area contributed by atoms with E-state index in [-0.39, 0.29) is 24.5 Å². The quantitative estimate of drug-likeness (QED) is 0.871. The van der Waals surface area contributed by atoms with Crippen molar-refractivity contribution >= 4 is 23.2 Å². The van der Waals surface area contributed by atoms with Gasteiger partial charge in [0.2, 0.25) is 11.8 Å². The van der Waals surface area contributed by atoms with Crippen molar-refractivity contribution in [3.05, 3.63) is 54.3 Å². The van der Waals surface area contributed by atoms with Crippen molar-refractivity contribution in [2.45, 2.75) is 26.9 Å². The summed E-state index contributed by atoms with van der Waals surface area (Å²) >= 11 is 0. The van der Waals surface area contributed by atoms with Crippen LogP contribution in [-0.2, 0) is 9.59 Å². The van der Waals surface area contributed by atoms with Crippen molar-refractivity contribution < 1.29 is 18.7 Å². The van der Waals surface area contributed by atoms with Crippen LogP contribution in [-0.4, -0.2) is 24.5 Å². The van der Waals surface area contributed by atoms with E-state index in [2.05, 4.69) is 5.32 Å². The summed E-state index contributed by atoms with van der Waals surface area (Å²) in [6.07, 6.45) is 0.0656. The standard InChI is InChI=1S/C19H21FN2O3/c1-13(2)25-18-9-7-16(8-10-18)21-19(24)12-22(14(3)23)17-6-4-5-15(20)11-17/h4-11,13H,12H2,1-3H3,(H,21,24). The number of nitrogens with one attached hydrogen (secondary N) is 1. The molecule has 0 heterocycles. The molecule has 0 aliphatic heterocycles. The molecule has 0 fully saturated rings. The highest BCUT2D eigenvalue weighted by atomic mass is 19.1. The maximum Gasteiger partial charge on any atom is 0.244 e. The molecule has 0 unspecified atom stereocenters. The highest BCUT2D eigenvalue weighted by Gasteiger charge is 2.16. The molecule has 5 nitrogen and oxygen atoms in total. The Morgan fingerprint density at radius 2 is 1.84 bits per heavy atom. The Bertz CT molecular complexity index is 745. The number of ether oxygens (including phenoxy) is 1. The van der Waals surface area contributed by atoms with Crippen LogP contribution in [0.25, 0.3) is 0 Å². The monoisotopic (exact) mass is 344 g/mol. The number of rotatable bonds is 6. The second kappa shape index (κ2) is 8.28. The number of benzene rings is 2. The largest absolute Gasteiger partial charge is 0.491 e. The summed E-state index contributed by atoms with van der Waals surface area (Å²) in [6, 6.07) is 12.5. The maximum absolute atomic E-state index is 13.4. The third-order valence-corrected chi connectivity index (χ3v) is 3.31. The van der Waals surface area contributed by atoms with E-state index in [4.69, 9.17) is 4.74 Å². The van der Waals surface area contributed by atoms with Gasteiger partial charge in [-0.05, 0) is 56.3 Å². The first kappa shape index (κ1) is 18.4. The lowest BCUT2D eigenvalue weighted by Crippen LogP contribution is -2.36. The smallest absolute Gasteiger partial charge is 0.244 e. The van der Waals surface area contributed by atoms with Crippen molar-refractivity contribution in [3.8, 4) is 5.75 Å². The van der Waals surface area contributed by atoms with Crippen LogP contribution in [0.3, 0.4) is 0 Å². The zero-order valence-electron chi connectivity index (χ0n) is 14.5.